The monoisotopic (exact) mass is 473 g/mol. The van der Waals surface area contributed by atoms with Crippen LogP contribution in [0.2, 0.25) is 5.02 Å². The van der Waals surface area contributed by atoms with Crippen molar-refractivity contribution in [3.8, 4) is 16.9 Å². The lowest BCUT2D eigenvalue weighted by Crippen LogP contribution is -2.49. The van der Waals surface area contributed by atoms with E-state index in [4.69, 9.17) is 11.6 Å². The lowest BCUT2D eigenvalue weighted by Gasteiger charge is -2.36. The molecule has 1 fully saturated rings. The van der Waals surface area contributed by atoms with Crippen molar-refractivity contribution in [2.24, 2.45) is 0 Å². The highest BCUT2D eigenvalue weighted by Gasteiger charge is 2.27. The number of anilines is 1. The number of aromatic nitrogens is 1. The minimum Gasteiger partial charge on any atom is -0.367 e. The van der Waals surface area contributed by atoms with Crippen LogP contribution in [0.25, 0.3) is 16.9 Å². The van der Waals surface area contributed by atoms with Crippen LogP contribution in [0, 0.1) is 12.7 Å². The zero-order valence-electron chi connectivity index (χ0n) is 18.9. The first-order valence-corrected chi connectivity index (χ1v) is 11.7. The minimum atomic E-state index is -0.289. The van der Waals surface area contributed by atoms with Crippen molar-refractivity contribution in [3.05, 3.63) is 107 Å². The highest BCUT2D eigenvalue weighted by molar-refractivity contribution is 6.33. The van der Waals surface area contributed by atoms with Crippen molar-refractivity contribution in [1.29, 1.82) is 0 Å². The number of rotatable bonds is 4. The van der Waals surface area contributed by atoms with Crippen molar-refractivity contribution in [2.75, 3.05) is 31.1 Å². The number of hydrogen-bond acceptors (Lipinski definition) is 2. The fraction of sp³-hybridized carbons (Fsp3) is 0.179. The summed E-state index contributed by atoms with van der Waals surface area (Å²) in [6, 6.07) is 26.1. The molecule has 1 saturated heterocycles. The maximum absolute atomic E-state index is 13.6. The fourth-order valence-corrected chi connectivity index (χ4v) is 4.85. The van der Waals surface area contributed by atoms with Gasteiger partial charge in [0.05, 0.1) is 22.0 Å². The Morgan fingerprint density at radius 2 is 1.50 bits per heavy atom. The van der Waals surface area contributed by atoms with Gasteiger partial charge in [-0.15, -0.1) is 0 Å². The molecular weight excluding hydrogens is 449 g/mol. The van der Waals surface area contributed by atoms with Crippen molar-refractivity contribution in [3.63, 3.8) is 0 Å². The van der Waals surface area contributed by atoms with E-state index in [1.165, 1.54) is 12.1 Å². The molecule has 0 saturated carbocycles. The van der Waals surface area contributed by atoms with E-state index in [0.29, 0.717) is 18.7 Å². The molecular formula is C28H25ClFN3O. The van der Waals surface area contributed by atoms with Crippen LogP contribution in [0.3, 0.4) is 0 Å². The topological polar surface area (TPSA) is 28.5 Å². The normalized spacial score (nSPS) is 13.9. The van der Waals surface area contributed by atoms with Crippen LogP contribution in [0.15, 0.2) is 84.9 Å². The number of carbonyl (C=O) groups excluding carboxylic acids is 1. The molecule has 0 aliphatic carbocycles. The predicted octanol–water partition coefficient (Wildman–Crippen LogP) is 6.21. The summed E-state index contributed by atoms with van der Waals surface area (Å²) in [5.74, 6) is -0.281. The van der Waals surface area contributed by atoms with Crippen LogP contribution in [-0.2, 0) is 0 Å². The molecule has 4 aromatic rings. The van der Waals surface area contributed by atoms with Crippen molar-refractivity contribution in [1.82, 2.24) is 9.47 Å². The van der Waals surface area contributed by atoms with E-state index in [-0.39, 0.29) is 11.7 Å². The molecule has 34 heavy (non-hydrogen) atoms. The second-order valence-electron chi connectivity index (χ2n) is 8.44. The summed E-state index contributed by atoms with van der Waals surface area (Å²) >= 11 is 6.37. The average molecular weight is 474 g/mol. The van der Waals surface area contributed by atoms with Gasteiger partial charge in [-0.3, -0.25) is 4.79 Å². The van der Waals surface area contributed by atoms with Gasteiger partial charge in [0, 0.05) is 37.6 Å². The molecule has 0 atom stereocenters. The zero-order chi connectivity index (χ0) is 23.7. The third-order valence-electron chi connectivity index (χ3n) is 6.39. The van der Waals surface area contributed by atoms with Crippen LogP contribution < -0.4 is 4.90 Å². The highest BCUT2D eigenvalue weighted by atomic mass is 35.5. The van der Waals surface area contributed by atoms with Gasteiger partial charge in [-0.2, -0.15) is 0 Å². The maximum atomic E-state index is 13.6. The Balaban J connectivity index is 1.45. The number of amides is 1. The molecule has 4 nitrogen and oxygen atoms in total. The molecule has 2 heterocycles. The number of para-hydroxylation sites is 1. The smallest absolute Gasteiger partial charge is 0.255 e. The zero-order valence-corrected chi connectivity index (χ0v) is 19.7. The lowest BCUT2D eigenvalue weighted by atomic mass is 10.1. The molecule has 0 N–H and O–H groups in total. The Hall–Kier alpha value is -3.57. The van der Waals surface area contributed by atoms with Gasteiger partial charge in [0.2, 0.25) is 0 Å². The number of hydrogen-bond donors (Lipinski definition) is 0. The van der Waals surface area contributed by atoms with Gasteiger partial charge in [-0.25, -0.2) is 4.39 Å². The summed E-state index contributed by atoms with van der Waals surface area (Å²) < 4.78 is 15.6. The second-order valence-corrected chi connectivity index (χ2v) is 8.84. The average Bonchev–Trinajstić information content (AvgIpc) is 3.22. The van der Waals surface area contributed by atoms with Gasteiger partial charge in [0.1, 0.15) is 5.82 Å². The Bertz CT molecular complexity index is 1310. The van der Waals surface area contributed by atoms with E-state index in [9.17, 15) is 9.18 Å². The highest BCUT2D eigenvalue weighted by Crippen LogP contribution is 2.31. The number of carbonyl (C=O) groups is 1. The molecule has 6 heteroatoms. The third kappa shape index (κ3) is 4.19. The molecule has 1 amide bonds. The minimum absolute atomic E-state index is 0.00866. The van der Waals surface area contributed by atoms with E-state index < -0.39 is 0 Å². The SMILES string of the molecule is Cc1c(C(=O)N2CCN(c3ccccc3Cl)CC2)cc(-c2ccccc2)n1-c1ccc(F)cc1. The summed E-state index contributed by atoms with van der Waals surface area (Å²) in [6.07, 6.45) is 0. The van der Waals surface area contributed by atoms with E-state index in [1.54, 1.807) is 12.1 Å². The van der Waals surface area contributed by atoms with E-state index >= 15 is 0 Å². The first-order valence-electron chi connectivity index (χ1n) is 11.4. The summed E-state index contributed by atoms with van der Waals surface area (Å²) in [6.45, 7) is 4.62. The summed E-state index contributed by atoms with van der Waals surface area (Å²) in [5, 5.41) is 0.724. The van der Waals surface area contributed by atoms with E-state index in [1.807, 2.05) is 77.1 Å². The van der Waals surface area contributed by atoms with Crippen molar-refractivity contribution in [2.45, 2.75) is 6.92 Å². The number of nitrogens with zero attached hydrogens (tertiary/aromatic N) is 3. The largest absolute Gasteiger partial charge is 0.367 e. The molecule has 0 bridgehead atoms. The second kappa shape index (κ2) is 9.35. The van der Waals surface area contributed by atoms with Crippen molar-refractivity contribution >= 4 is 23.2 Å². The first kappa shape index (κ1) is 22.2. The molecule has 0 radical (unpaired) electrons. The molecule has 3 aromatic carbocycles. The Kier molecular flexibility index (Phi) is 6.12. The summed E-state index contributed by atoms with van der Waals surface area (Å²) in [5.41, 5.74) is 5.22. The molecule has 5 rings (SSSR count). The first-order chi connectivity index (χ1) is 16.5. The Morgan fingerprint density at radius 1 is 0.853 bits per heavy atom. The molecule has 0 spiro atoms. The van der Waals surface area contributed by atoms with Gasteiger partial charge in [0.25, 0.3) is 5.91 Å². The molecule has 172 valence electrons. The third-order valence-corrected chi connectivity index (χ3v) is 6.71. The van der Waals surface area contributed by atoms with Gasteiger partial charge >= 0.3 is 0 Å². The van der Waals surface area contributed by atoms with Gasteiger partial charge in [0.15, 0.2) is 0 Å². The van der Waals surface area contributed by atoms with Gasteiger partial charge in [-0.05, 0) is 55.0 Å². The predicted molar refractivity (Wildman–Crippen MR) is 135 cm³/mol. The van der Waals surface area contributed by atoms with Gasteiger partial charge < -0.3 is 14.4 Å². The van der Waals surface area contributed by atoms with E-state index in [2.05, 4.69) is 4.90 Å². The lowest BCUT2D eigenvalue weighted by molar-refractivity contribution is 0.0746. The quantitative estimate of drug-likeness (QED) is 0.352. The maximum Gasteiger partial charge on any atom is 0.255 e. The van der Waals surface area contributed by atoms with Crippen LogP contribution in [-0.4, -0.2) is 41.6 Å². The molecule has 1 aromatic heterocycles. The number of piperazine rings is 1. The fourth-order valence-electron chi connectivity index (χ4n) is 4.60. The Labute approximate surface area is 203 Å². The summed E-state index contributed by atoms with van der Waals surface area (Å²) in [7, 11) is 0. The van der Waals surface area contributed by atoms with Crippen LogP contribution >= 0.6 is 11.6 Å². The number of benzene rings is 3. The molecule has 1 aliphatic rings. The molecule has 1 aliphatic heterocycles. The van der Waals surface area contributed by atoms with Crippen molar-refractivity contribution < 1.29 is 9.18 Å². The van der Waals surface area contributed by atoms with Gasteiger partial charge in [-0.1, -0.05) is 54.1 Å². The van der Waals surface area contributed by atoms with Crippen LogP contribution in [0.5, 0.6) is 0 Å². The standard InChI is InChI=1S/C28H25ClFN3O/c1-20-24(28(34)32-17-15-31(16-18-32)26-10-6-5-9-25(26)29)19-27(21-7-3-2-4-8-21)33(20)23-13-11-22(30)12-14-23/h2-14,19H,15-18H2,1H3. The van der Waals surface area contributed by atoms with E-state index in [0.717, 1.165) is 46.4 Å². The summed E-state index contributed by atoms with van der Waals surface area (Å²) in [4.78, 5) is 17.7. The molecule has 0 unspecified atom stereocenters. The Morgan fingerprint density at radius 3 is 2.18 bits per heavy atom. The van der Waals surface area contributed by atoms with Crippen LogP contribution in [0.1, 0.15) is 16.1 Å². The number of halogens is 2. The van der Waals surface area contributed by atoms with Crippen LogP contribution in [0.4, 0.5) is 10.1 Å².